The highest BCUT2D eigenvalue weighted by Crippen LogP contribution is 2.30. The number of halogens is 1. The number of aromatic nitrogens is 2. The lowest BCUT2D eigenvalue weighted by molar-refractivity contribution is 0.0933. The first-order valence-corrected chi connectivity index (χ1v) is 10.6. The Balaban J connectivity index is 1.39. The average Bonchev–Trinajstić information content (AvgIpc) is 3.17. The molecule has 1 N–H and O–H groups in total. The van der Waals surface area contributed by atoms with Gasteiger partial charge in [0.1, 0.15) is 0 Å². The number of carbonyl (C=O) groups excluding carboxylic acids is 1. The predicted molar refractivity (Wildman–Crippen MR) is 120 cm³/mol. The molecule has 0 saturated carbocycles. The van der Waals surface area contributed by atoms with E-state index in [-0.39, 0.29) is 11.9 Å². The fraction of sp³-hybridized carbons (Fsp3) is 0.200. The highest BCUT2D eigenvalue weighted by atomic mass is 35.5. The lowest BCUT2D eigenvalue weighted by Crippen LogP contribution is -2.30. The monoisotopic (exact) mass is 415 g/mol. The van der Waals surface area contributed by atoms with E-state index in [1.807, 2.05) is 59.4 Å². The standard InChI is InChI=1S/C25H22ClN3O/c26-21-12-8-17(9-13-21)16-29-24-14-19(10-11-20(24)15-27-29)25(30)28-23-7-3-5-18-4-1-2-6-22(18)23/h1-2,4,6,8-15,23H,3,5,7,16H2,(H,28,30)/t23-/m1/s1. The van der Waals surface area contributed by atoms with Gasteiger partial charge in [0.2, 0.25) is 0 Å². The van der Waals surface area contributed by atoms with Crippen LogP contribution < -0.4 is 5.32 Å². The van der Waals surface area contributed by atoms with E-state index in [0.29, 0.717) is 17.1 Å². The molecule has 0 radical (unpaired) electrons. The molecule has 1 aromatic heterocycles. The number of benzene rings is 3. The highest BCUT2D eigenvalue weighted by molar-refractivity contribution is 6.30. The average molecular weight is 416 g/mol. The van der Waals surface area contributed by atoms with Gasteiger partial charge in [-0.3, -0.25) is 9.48 Å². The number of nitrogens with zero attached hydrogens (tertiary/aromatic N) is 2. The van der Waals surface area contributed by atoms with E-state index in [1.165, 1.54) is 11.1 Å². The minimum atomic E-state index is -0.0437. The molecule has 0 spiro atoms. The third-order valence-electron chi connectivity index (χ3n) is 5.83. The van der Waals surface area contributed by atoms with E-state index >= 15 is 0 Å². The topological polar surface area (TPSA) is 46.9 Å². The number of rotatable bonds is 4. The fourth-order valence-electron chi connectivity index (χ4n) is 4.25. The van der Waals surface area contributed by atoms with Crippen LogP contribution >= 0.6 is 11.6 Å². The Bertz CT molecular complexity index is 1210. The van der Waals surface area contributed by atoms with Gasteiger partial charge in [-0.2, -0.15) is 5.10 Å². The summed E-state index contributed by atoms with van der Waals surface area (Å²) in [6, 6.07) is 22.0. The van der Waals surface area contributed by atoms with Crippen molar-refractivity contribution in [3.63, 3.8) is 0 Å². The molecule has 1 aliphatic rings. The van der Waals surface area contributed by atoms with Gasteiger partial charge in [-0.1, -0.05) is 54.1 Å². The van der Waals surface area contributed by atoms with Gasteiger partial charge >= 0.3 is 0 Å². The molecule has 0 saturated heterocycles. The summed E-state index contributed by atoms with van der Waals surface area (Å²) >= 11 is 5.99. The number of carbonyl (C=O) groups is 1. The summed E-state index contributed by atoms with van der Waals surface area (Å²) in [4.78, 5) is 13.0. The van der Waals surface area contributed by atoms with Crippen LogP contribution in [0, 0.1) is 0 Å². The predicted octanol–water partition coefficient (Wildman–Crippen LogP) is 5.55. The first-order chi connectivity index (χ1) is 14.7. The Labute approximate surface area is 180 Å². The van der Waals surface area contributed by atoms with E-state index in [4.69, 9.17) is 11.6 Å². The van der Waals surface area contributed by atoms with E-state index in [2.05, 4.69) is 28.6 Å². The number of amides is 1. The summed E-state index contributed by atoms with van der Waals surface area (Å²) < 4.78 is 1.92. The normalized spacial score (nSPS) is 15.7. The Hall–Kier alpha value is -3.11. The van der Waals surface area contributed by atoms with Crippen LogP contribution in [0.4, 0.5) is 0 Å². The second kappa shape index (κ2) is 7.96. The van der Waals surface area contributed by atoms with E-state index < -0.39 is 0 Å². The lowest BCUT2D eigenvalue weighted by atomic mass is 9.87. The number of fused-ring (bicyclic) bond motifs is 2. The second-order valence-corrected chi connectivity index (χ2v) is 8.26. The van der Waals surface area contributed by atoms with Crippen LogP contribution in [0.25, 0.3) is 10.9 Å². The lowest BCUT2D eigenvalue weighted by Gasteiger charge is -2.26. The zero-order valence-corrected chi connectivity index (χ0v) is 17.3. The molecule has 0 bridgehead atoms. The largest absolute Gasteiger partial charge is 0.345 e. The molecule has 5 heteroatoms. The number of aryl methyl sites for hydroxylation is 1. The molecule has 1 heterocycles. The zero-order chi connectivity index (χ0) is 20.5. The summed E-state index contributed by atoms with van der Waals surface area (Å²) in [6.45, 7) is 0.627. The first kappa shape index (κ1) is 18.9. The summed E-state index contributed by atoms with van der Waals surface area (Å²) in [5.41, 5.74) is 5.29. The molecular weight excluding hydrogens is 394 g/mol. The van der Waals surface area contributed by atoms with Crippen LogP contribution in [-0.4, -0.2) is 15.7 Å². The summed E-state index contributed by atoms with van der Waals surface area (Å²) in [5.74, 6) is -0.0437. The molecule has 1 atom stereocenters. The Morgan fingerprint density at radius 3 is 2.80 bits per heavy atom. The second-order valence-electron chi connectivity index (χ2n) is 7.82. The van der Waals surface area contributed by atoms with Crippen LogP contribution in [0.2, 0.25) is 5.02 Å². The van der Waals surface area contributed by atoms with Crippen molar-refractivity contribution >= 4 is 28.4 Å². The molecule has 4 aromatic rings. The van der Waals surface area contributed by atoms with Crippen LogP contribution in [0.3, 0.4) is 0 Å². The van der Waals surface area contributed by atoms with Crippen LogP contribution in [0.1, 0.15) is 45.9 Å². The Morgan fingerprint density at radius 1 is 1.10 bits per heavy atom. The van der Waals surface area contributed by atoms with Gasteiger partial charge in [-0.15, -0.1) is 0 Å². The van der Waals surface area contributed by atoms with Gasteiger partial charge in [-0.05, 0) is 60.2 Å². The number of nitrogens with one attached hydrogen (secondary N) is 1. The van der Waals surface area contributed by atoms with Crippen molar-refractivity contribution in [1.29, 1.82) is 0 Å². The van der Waals surface area contributed by atoms with Crippen molar-refractivity contribution in [2.24, 2.45) is 0 Å². The SMILES string of the molecule is O=C(N[C@@H]1CCCc2ccccc21)c1ccc2cnn(Cc3ccc(Cl)cc3)c2c1. The molecule has 3 aromatic carbocycles. The van der Waals surface area contributed by atoms with Crippen molar-refractivity contribution in [2.75, 3.05) is 0 Å². The van der Waals surface area contributed by atoms with Crippen molar-refractivity contribution in [3.05, 3.63) is 100 Å². The third-order valence-corrected chi connectivity index (χ3v) is 6.08. The molecule has 0 unspecified atom stereocenters. The minimum absolute atomic E-state index is 0.0437. The van der Waals surface area contributed by atoms with Crippen LogP contribution in [0.5, 0.6) is 0 Å². The van der Waals surface area contributed by atoms with Gasteiger partial charge < -0.3 is 5.32 Å². The maximum Gasteiger partial charge on any atom is 0.251 e. The van der Waals surface area contributed by atoms with Crippen molar-refractivity contribution in [3.8, 4) is 0 Å². The summed E-state index contributed by atoms with van der Waals surface area (Å²) in [7, 11) is 0. The molecule has 30 heavy (non-hydrogen) atoms. The van der Waals surface area contributed by atoms with Gasteiger partial charge in [0.05, 0.1) is 24.3 Å². The maximum absolute atomic E-state index is 13.0. The van der Waals surface area contributed by atoms with Crippen LogP contribution in [-0.2, 0) is 13.0 Å². The Morgan fingerprint density at radius 2 is 1.93 bits per heavy atom. The highest BCUT2D eigenvalue weighted by Gasteiger charge is 2.22. The molecular formula is C25H22ClN3O. The molecule has 0 aliphatic heterocycles. The molecule has 150 valence electrons. The van der Waals surface area contributed by atoms with Gasteiger partial charge in [0.15, 0.2) is 0 Å². The van der Waals surface area contributed by atoms with Crippen molar-refractivity contribution in [1.82, 2.24) is 15.1 Å². The molecule has 4 nitrogen and oxygen atoms in total. The van der Waals surface area contributed by atoms with Gasteiger partial charge in [0.25, 0.3) is 5.91 Å². The quantitative estimate of drug-likeness (QED) is 0.475. The van der Waals surface area contributed by atoms with Gasteiger partial charge in [-0.25, -0.2) is 0 Å². The third kappa shape index (κ3) is 3.71. The molecule has 1 amide bonds. The van der Waals surface area contributed by atoms with E-state index in [1.54, 1.807) is 0 Å². The maximum atomic E-state index is 13.0. The number of hydrogen-bond donors (Lipinski definition) is 1. The summed E-state index contributed by atoms with van der Waals surface area (Å²) in [6.07, 6.45) is 4.98. The molecule has 5 rings (SSSR count). The first-order valence-electron chi connectivity index (χ1n) is 10.3. The zero-order valence-electron chi connectivity index (χ0n) is 16.5. The van der Waals surface area contributed by atoms with Gasteiger partial charge in [0, 0.05) is 16.0 Å². The van der Waals surface area contributed by atoms with Crippen LogP contribution in [0.15, 0.2) is 72.9 Å². The smallest absolute Gasteiger partial charge is 0.251 e. The molecule has 1 aliphatic carbocycles. The van der Waals surface area contributed by atoms with Crippen molar-refractivity contribution < 1.29 is 4.79 Å². The Kier molecular flexibility index (Phi) is 5.01. The van der Waals surface area contributed by atoms with E-state index in [0.717, 1.165) is 35.7 Å². The fourth-order valence-corrected chi connectivity index (χ4v) is 4.37. The molecule has 0 fully saturated rings. The number of hydrogen-bond acceptors (Lipinski definition) is 2. The van der Waals surface area contributed by atoms with Crippen molar-refractivity contribution in [2.45, 2.75) is 31.8 Å². The summed E-state index contributed by atoms with van der Waals surface area (Å²) in [5, 5.41) is 9.48. The van der Waals surface area contributed by atoms with E-state index in [9.17, 15) is 4.79 Å². The minimum Gasteiger partial charge on any atom is -0.345 e.